The second kappa shape index (κ2) is 5.91. The number of carbonyl (C=O) groups excluding carboxylic acids is 1. The third-order valence-corrected chi connectivity index (χ3v) is 4.33. The highest BCUT2D eigenvalue weighted by atomic mass is 35.5. The first-order valence-corrected chi connectivity index (χ1v) is 7.93. The maximum absolute atomic E-state index is 12.2. The van der Waals surface area contributed by atoms with E-state index in [1.54, 1.807) is 13.8 Å². The highest BCUT2D eigenvalue weighted by Crippen LogP contribution is 2.29. The quantitative estimate of drug-likeness (QED) is 0.941. The topological polar surface area (TPSA) is 49.7 Å². The summed E-state index contributed by atoms with van der Waals surface area (Å²) in [5, 5.41) is 12.3. The van der Waals surface area contributed by atoms with E-state index in [-0.39, 0.29) is 11.8 Å². The third-order valence-electron chi connectivity index (χ3n) is 4.01. The van der Waals surface area contributed by atoms with E-state index in [1.165, 1.54) is 0 Å². The van der Waals surface area contributed by atoms with E-state index in [2.05, 4.69) is 4.99 Å². The summed E-state index contributed by atoms with van der Waals surface area (Å²) in [4.78, 5) is 16.4. The number of nitrogens with zero attached hydrogens (tertiary/aromatic N) is 1. The number of carbonyl (C=O) groups is 1. The molecule has 2 aromatic rings. The molecule has 4 heteroatoms. The van der Waals surface area contributed by atoms with Crippen LogP contribution in [0.1, 0.15) is 25.0 Å². The Hall–Kier alpha value is -1.97. The zero-order chi connectivity index (χ0) is 16.6. The number of halogens is 1. The summed E-state index contributed by atoms with van der Waals surface area (Å²) >= 11 is 6.27. The summed E-state index contributed by atoms with van der Waals surface area (Å²) in [5.74, 6) is -0.416. The maximum Gasteiger partial charge on any atom is 0.253 e. The first-order chi connectivity index (χ1) is 10.8. The molecule has 1 unspecified atom stereocenters. The molecule has 1 amide bonds. The molecule has 0 radical (unpaired) electrons. The monoisotopic (exact) mass is 327 g/mol. The van der Waals surface area contributed by atoms with Crippen LogP contribution in [0.4, 0.5) is 0 Å². The van der Waals surface area contributed by atoms with Crippen molar-refractivity contribution in [2.24, 2.45) is 10.9 Å². The molecule has 118 valence electrons. The van der Waals surface area contributed by atoms with Gasteiger partial charge < -0.3 is 5.11 Å². The fraction of sp³-hybridized carbons (Fsp3) is 0.263. The molecule has 1 aliphatic heterocycles. The highest BCUT2D eigenvalue weighted by Gasteiger charge is 2.22. The number of para-hydroxylation sites is 1. The fourth-order valence-electron chi connectivity index (χ4n) is 2.80. The van der Waals surface area contributed by atoms with Crippen molar-refractivity contribution in [2.45, 2.75) is 25.9 Å². The fourth-order valence-corrected chi connectivity index (χ4v) is 3.24. The summed E-state index contributed by atoms with van der Waals surface area (Å²) < 4.78 is 0. The van der Waals surface area contributed by atoms with Crippen LogP contribution in [-0.2, 0) is 16.8 Å². The molecule has 0 saturated heterocycles. The summed E-state index contributed by atoms with van der Waals surface area (Å²) in [6, 6.07) is 13.1. The van der Waals surface area contributed by atoms with Crippen molar-refractivity contribution in [2.75, 3.05) is 0 Å². The van der Waals surface area contributed by atoms with Gasteiger partial charge in [0.1, 0.15) is 0 Å². The number of hydrogen-bond acceptors (Lipinski definition) is 2. The van der Waals surface area contributed by atoms with Crippen molar-refractivity contribution < 1.29 is 9.90 Å². The van der Waals surface area contributed by atoms with E-state index in [4.69, 9.17) is 11.6 Å². The van der Waals surface area contributed by atoms with Crippen LogP contribution in [0.15, 0.2) is 47.5 Å². The van der Waals surface area contributed by atoms with Gasteiger partial charge in [0.25, 0.3) is 5.91 Å². The van der Waals surface area contributed by atoms with Crippen molar-refractivity contribution in [1.82, 2.24) is 0 Å². The first kappa shape index (κ1) is 15.9. The Labute approximate surface area is 140 Å². The van der Waals surface area contributed by atoms with Crippen LogP contribution >= 0.6 is 11.6 Å². The largest absolute Gasteiger partial charge is 0.386 e. The van der Waals surface area contributed by atoms with E-state index in [0.717, 1.165) is 16.1 Å². The van der Waals surface area contributed by atoms with Crippen molar-refractivity contribution in [3.8, 4) is 0 Å². The number of amides is 1. The minimum atomic E-state index is -0.989. The molecular formula is C19H18ClNO2. The Morgan fingerprint density at radius 3 is 2.65 bits per heavy atom. The second-order valence-electron chi connectivity index (χ2n) is 6.36. The number of aliphatic hydroxyl groups is 1. The Kier molecular flexibility index (Phi) is 4.09. The molecule has 0 aliphatic carbocycles. The molecular weight excluding hydrogens is 310 g/mol. The molecule has 0 bridgehead atoms. The van der Waals surface area contributed by atoms with Gasteiger partial charge in [-0.05, 0) is 43.2 Å². The van der Waals surface area contributed by atoms with Gasteiger partial charge in [-0.2, -0.15) is 0 Å². The number of fused-ring (bicyclic) bond motifs is 1. The van der Waals surface area contributed by atoms with Gasteiger partial charge in [-0.1, -0.05) is 48.0 Å². The molecule has 0 spiro atoms. The van der Waals surface area contributed by atoms with Gasteiger partial charge in [-0.15, -0.1) is 0 Å². The first-order valence-electron chi connectivity index (χ1n) is 7.55. The maximum atomic E-state index is 12.2. The Bertz CT molecular complexity index is 881. The lowest BCUT2D eigenvalue weighted by atomic mass is 9.92. The van der Waals surface area contributed by atoms with Gasteiger partial charge in [0, 0.05) is 10.6 Å². The minimum absolute atomic E-state index is 0.133. The van der Waals surface area contributed by atoms with Gasteiger partial charge in [-0.3, -0.25) is 4.79 Å². The Balaban J connectivity index is 1.90. The van der Waals surface area contributed by atoms with Crippen LogP contribution in [-0.4, -0.2) is 11.0 Å². The van der Waals surface area contributed by atoms with E-state index in [0.29, 0.717) is 17.0 Å². The minimum Gasteiger partial charge on any atom is -0.386 e. The predicted molar refractivity (Wildman–Crippen MR) is 90.6 cm³/mol. The average Bonchev–Trinajstić information content (AvgIpc) is 2.47. The van der Waals surface area contributed by atoms with E-state index in [9.17, 15) is 9.90 Å². The van der Waals surface area contributed by atoms with E-state index < -0.39 is 5.60 Å². The van der Waals surface area contributed by atoms with Gasteiger partial charge in [0.2, 0.25) is 0 Å². The van der Waals surface area contributed by atoms with Gasteiger partial charge in [-0.25, -0.2) is 4.99 Å². The van der Waals surface area contributed by atoms with Crippen molar-refractivity contribution in [3.63, 3.8) is 0 Å². The molecule has 0 saturated carbocycles. The number of hydrogen-bond donors (Lipinski definition) is 1. The number of benzene rings is 2. The molecule has 3 rings (SSSR count). The molecule has 1 aliphatic rings. The lowest BCUT2D eigenvalue weighted by Gasteiger charge is -2.20. The lowest BCUT2D eigenvalue weighted by Crippen LogP contribution is -2.34. The smallest absolute Gasteiger partial charge is 0.253 e. The molecule has 23 heavy (non-hydrogen) atoms. The Morgan fingerprint density at radius 2 is 1.96 bits per heavy atom. The molecule has 1 heterocycles. The molecule has 0 fully saturated rings. The lowest BCUT2D eigenvalue weighted by molar-refractivity contribution is -0.120. The SMILES string of the molecule is CC(C)(O)c1ccc(CC2C=c3ccccc3=NC2=O)cc1Cl. The van der Waals surface area contributed by atoms with Crippen molar-refractivity contribution in [3.05, 3.63) is 69.2 Å². The highest BCUT2D eigenvalue weighted by molar-refractivity contribution is 6.31. The third kappa shape index (κ3) is 3.36. The van der Waals surface area contributed by atoms with Crippen molar-refractivity contribution in [1.29, 1.82) is 0 Å². The van der Waals surface area contributed by atoms with Crippen LogP contribution in [0.3, 0.4) is 0 Å². The predicted octanol–water partition coefficient (Wildman–Crippen LogP) is 2.37. The van der Waals surface area contributed by atoms with Crippen LogP contribution in [0, 0.1) is 5.92 Å². The summed E-state index contributed by atoms with van der Waals surface area (Å²) in [6.45, 7) is 3.39. The van der Waals surface area contributed by atoms with Gasteiger partial charge >= 0.3 is 0 Å². The van der Waals surface area contributed by atoms with Crippen LogP contribution in [0.5, 0.6) is 0 Å². The van der Waals surface area contributed by atoms with E-state index in [1.807, 2.05) is 48.5 Å². The average molecular weight is 328 g/mol. The summed E-state index contributed by atoms with van der Waals surface area (Å²) in [6.07, 6.45) is 2.50. The molecule has 1 N–H and O–H groups in total. The number of rotatable bonds is 3. The van der Waals surface area contributed by atoms with Crippen LogP contribution in [0.2, 0.25) is 5.02 Å². The van der Waals surface area contributed by atoms with Crippen LogP contribution in [0.25, 0.3) is 6.08 Å². The molecule has 2 aromatic carbocycles. The second-order valence-corrected chi connectivity index (χ2v) is 6.77. The van der Waals surface area contributed by atoms with Gasteiger partial charge in [0.05, 0.1) is 16.9 Å². The van der Waals surface area contributed by atoms with Gasteiger partial charge in [0.15, 0.2) is 0 Å². The van der Waals surface area contributed by atoms with E-state index >= 15 is 0 Å². The molecule has 3 nitrogen and oxygen atoms in total. The van der Waals surface area contributed by atoms with Crippen molar-refractivity contribution >= 4 is 23.6 Å². The summed E-state index contributed by atoms with van der Waals surface area (Å²) in [7, 11) is 0. The van der Waals surface area contributed by atoms with Crippen LogP contribution < -0.4 is 10.6 Å². The normalized spacial score (nSPS) is 17.2. The Morgan fingerprint density at radius 1 is 1.22 bits per heavy atom. The zero-order valence-electron chi connectivity index (χ0n) is 13.1. The zero-order valence-corrected chi connectivity index (χ0v) is 13.8. The summed E-state index contributed by atoms with van der Waals surface area (Å²) in [5.41, 5.74) is 0.639. The standard InChI is InChI=1S/C19H18ClNO2/c1-19(2,23)15-8-7-12(10-16(15)20)9-14-11-13-5-3-4-6-17(13)21-18(14)22/h3-8,10-11,14,23H,9H2,1-2H3. The molecule has 0 aromatic heterocycles. The molecule has 1 atom stereocenters.